The summed E-state index contributed by atoms with van der Waals surface area (Å²) >= 11 is 0. The van der Waals surface area contributed by atoms with Gasteiger partial charge in [0.15, 0.2) is 6.23 Å². The Balaban J connectivity index is 1.65. The maximum Gasteiger partial charge on any atom is 0.338 e. The summed E-state index contributed by atoms with van der Waals surface area (Å²) in [5.74, 6) is -2.21. The summed E-state index contributed by atoms with van der Waals surface area (Å²) in [6, 6.07) is 8.10. The van der Waals surface area contributed by atoms with Gasteiger partial charge >= 0.3 is 5.97 Å². The van der Waals surface area contributed by atoms with Gasteiger partial charge in [0.05, 0.1) is 5.56 Å². The molecule has 1 unspecified atom stereocenters. The fraction of sp³-hybridized carbons (Fsp3) is 0.438. The first-order valence-electron chi connectivity index (χ1n) is 8.05. The molecular weight excluding hydrogens is 364 g/mol. The summed E-state index contributed by atoms with van der Waals surface area (Å²) < 4.78 is 10.5. The topological polar surface area (TPSA) is 155 Å². The molecule has 3 N–H and O–H groups in total. The van der Waals surface area contributed by atoms with Gasteiger partial charge in [-0.25, -0.2) is 4.79 Å². The zero-order chi connectivity index (χ0) is 19.6. The lowest BCUT2D eigenvalue weighted by molar-refractivity contribution is -0.376. The van der Waals surface area contributed by atoms with Crippen molar-refractivity contribution in [3.05, 3.63) is 35.9 Å². The van der Waals surface area contributed by atoms with Crippen molar-refractivity contribution in [1.29, 1.82) is 0 Å². The summed E-state index contributed by atoms with van der Waals surface area (Å²) in [7, 11) is 0. The predicted molar refractivity (Wildman–Crippen MR) is 82.6 cm³/mol. The zero-order valence-electron chi connectivity index (χ0n) is 13.9. The van der Waals surface area contributed by atoms with Gasteiger partial charge in [-0.2, -0.15) is 4.89 Å². The number of carbonyl (C=O) groups excluding carboxylic acids is 3. The number of aliphatic hydroxyl groups excluding tert-OH is 2. The fourth-order valence-corrected chi connectivity index (χ4v) is 2.88. The van der Waals surface area contributed by atoms with E-state index in [-0.39, 0.29) is 5.56 Å². The van der Waals surface area contributed by atoms with Crippen molar-refractivity contribution in [2.75, 3.05) is 6.61 Å². The number of hydrogen-bond acceptors (Lipinski definition) is 8. The summed E-state index contributed by atoms with van der Waals surface area (Å²) in [5.41, 5.74) is 0.288. The Hall–Kier alpha value is -2.57. The van der Waals surface area contributed by atoms with Crippen LogP contribution in [0.4, 0.5) is 0 Å². The van der Waals surface area contributed by atoms with Crippen LogP contribution in [0.15, 0.2) is 30.3 Å². The van der Waals surface area contributed by atoms with Crippen molar-refractivity contribution in [3.63, 3.8) is 0 Å². The SMILES string of the molecule is [O]OC1NC(=O)CC(=O)N1[C@@H]1O[C@H](COC(=O)c2ccccc2)[C@@H](O)[C@H]1O. The molecule has 2 saturated heterocycles. The van der Waals surface area contributed by atoms with Gasteiger partial charge in [0, 0.05) is 0 Å². The Morgan fingerprint density at radius 1 is 1.22 bits per heavy atom. The highest BCUT2D eigenvalue weighted by atomic mass is 17.1. The number of nitrogens with one attached hydrogen (secondary N) is 1. The van der Waals surface area contributed by atoms with Gasteiger partial charge in [0.1, 0.15) is 31.3 Å². The molecule has 0 aliphatic carbocycles. The van der Waals surface area contributed by atoms with Crippen molar-refractivity contribution in [2.45, 2.75) is 37.3 Å². The minimum atomic E-state index is -1.70. The normalized spacial score (nSPS) is 30.9. The number of esters is 1. The van der Waals surface area contributed by atoms with Gasteiger partial charge < -0.3 is 25.0 Å². The van der Waals surface area contributed by atoms with Gasteiger partial charge in [-0.3, -0.25) is 14.5 Å². The van der Waals surface area contributed by atoms with Gasteiger partial charge in [-0.05, 0) is 17.4 Å². The maximum absolute atomic E-state index is 12.1. The van der Waals surface area contributed by atoms with Crippen LogP contribution < -0.4 is 5.32 Å². The summed E-state index contributed by atoms with van der Waals surface area (Å²) in [6.07, 6.45) is -8.01. The Morgan fingerprint density at radius 2 is 1.93 bits per heavy atom. The van der Waals surface area contributed by atoms with Crippen LogP contribution in [-0.4, -0.2) is 70.4 Å². The standard InChI is InChI=1S/C16H17N2O9/c19-10-6-11(20)18(16(17-10)27-24)14-13(22)12(21)9(26-14)7-25-15(23)8-4-2-1-3-5-8/h1-5,9,12-14,16,21-22H,6-7H2,(H,17,19)/t9-,12-,13-,14-,16?/m1/s1. The molecule has 2 heterocycles. The monoisotopic (exact) mass is 381 g/mol. The molecule has 1 aromatic rings. The van der Waals surface area contributed by atoms with Crippen molar-refractivity contribution >= 4 is 17.8 Å². The molecule has 11 heteroatoms. The quantitative estimate of drug-likeness (QED) is 0.236. The average molecular weight is 381 g/mol. The first-order valence-corrected chi connectivity index (χ1v) is 8.05. The molecule has 1 aromatic carbocycles. The molecule has 1 radical (unpaired) electrons. The van der Waals surface area contributed by atoms with Gasteiger partial charge in [-0.15, -0.1) is 0 Å². The zero-order valence-corrected chi connectivity index (χ0v) is 13.9. The third-order valence-electron chi connectivity index (χ3n) is 4.23. The van der Waals surface area contributed by atoms with Crippen LogP contribution in [0.1, 0.15) is 16.8 Å². The van der Waals surface area contributed by atoms with Gasteiger partial charge in [-0.1, -0.05) is 18.2 Å². The maximum atomic E-state index is 12.1. The number of nitrogens with zero attached hydrogens (tertiary/aromatic N) is 1. The second-order valence-corrected chi connectivity index (χ2v) is 6.00. The smallest absolute Gasteiger partial charge is 0.338 e. The lowest BCUT2D eigenvalue weighted by Gasteiger charge is -2.37. The molecule has 2 aliphatic heterocycles. The van der Waals surface area contributed by atoms with Crippen LogP contribution in [0.2, 0.25) is 0 Å². The Kier molecular flexibility index (Phi) is 5.68. The molecule has 0 spiro atoms. The van der Waals surface area contributed by atoms with Crippen molar-refractivity contribution < 1.29 is 44.2 Å². The van der Waals surface area contributed by atoms with Gasteiger partial charge in [0.25, 0.3) is 0 Å². The third kappa shape index (κ3) is 3.91. The minimum absolute atomic E-state index is 0.288. The van der Waals surface area contributed by atoms with Crippen LogP contribution in [0.3, 0.4) is 0 Å². The highest BCUT2D eigenvalue weighted by Crippen LogP contribution is 2.27. The van der Waals surface area contributed by atoms with E-state index in [0.717, 1.165) is 0 Å². The molecule has 2 fully saturated rings. The summed E-state index contributed by atoms with van der Waals surface area (Å²) in [5, 5.41) is 33.2. The second kappa shape index (κ2) is 7.98. The van der Waals surface area contributed by atoms with Crippen molar-refractivity contribution in [2.24, 2.45) is 0 Å². The average Bonchev–Trinajstić information content (AvgIpc) is 2.94. The highest BCUT2D eigenvalue weighted by Gasteiger charge is 2.51. The van der Waals surface area contributed by atoms with Crippen molar-refractivity contribution in [1.82, 2.24) is 10.2 Å². The van der Waals surface area contributed by atoms with Crippen LogP contribution in [0.25, 0.3) is 0 Å². The number of amides is 2. The fourth-order valence-electron chi connectivity index (χ4n) is 2.88. The molecular formula is C16H17N2O9. The molecule has 0 aromatic heterocycles. The first-order chi connectivity index (χ1) is 12.9. The largest absolute Gasteiger partial charge is 0.459 e. The molecule has 0 bridgehead atoms. The van der Waals surface area contributed by atoms with E-state index in [9.17, 15) is 29.9 Å². The Bertz CT molecular complexity index is 713. The van der Waals surface area contributed by atoms with Crippen LogP contribution in [0, 0.1) is 0 Å². The lowest BCUT2D eigenvalue weighted by Crippen LogP contribution is -2.63. The van der Waals surface area contributed by atoms with E-state index < -0.39 is 61.7 Å². The van der Waals surface area contributed by atoms with E-state index in [1.54, 1.807) is 18.2 Å². The molecule has 27 heavy (non-hydrogen) atoms. The summed E-state index contributed by atoms with van der Waals surface area (Å²) in [6.45, 7) is -0.403. The molecule has 0 saturated carbocycles. The van der Waals surface area contributed by atoms with Crippen LogP contribution in [-0.2, 0) is 29.2 Å². The Morgan fingerprint density at radius 3 is 2.59 bits per heavy atom. The number of rotatable bonds is 5. The number of hydrogen-bond donors (Lipinski definition) is 3. The van der Waals surface area contributed by atoms with Gasteiger partial charge in [0.2, 0.25) is 18.2 Å². The lowest BCUT2D eigenvalue weighted by atomic mass is 10.1. The second-order valence-electron chi connectivity index (χ2n) is 6.00. The predicted octanol–water partition coefficient (Wildman–Crippen LogP) is -1.72. The highest BCUT2D eigenvalue weighted by molar-refractivity contribution is 5.99. The number of ether oxygens (including phenoxy) is 2. The molecule has 3 rings (SSSR count). The van der Waals surface area contributed by atoms with E-state index in [0.29, 0.717) is 4.90 Å². The molecule has 5 atom stereocenters. The number of benzene rings is 1. The van der Waals surface area contributed by atoms with E-state index in [2.05, 4.69) is 10.2 Å². The molecule has 11 nitrogen and oxygen atoms in total. The molecule has 2 amide bonds. The minimum Gasteiger partial charge on any atom is -0.459 e. The first kappa shape index (κ1) is 19.2. The number of carbonyl (C=O) groups is 3. The van der Waals surface area contributed by atoms with Crippen LogP contribution >= 0.6 is 0 Å². The molecule has 2 aliphatic rings. The number of aliphatic hydroxyl groups is 2. The molecule has 145 valence electrons. The third-order valence-corrected chi connectivity index (χ3v) is 4.23. The van der Waals surface area contributed by atoms with E-state index in [4.69, 9.17) is 9.47 Å². The van der Waals surface area contributed by atoms with Crippen LogP contribution in [0.5, 0.6) is 0 Å². The van der Waals surface area contributed by atoms with E-state index in [1.807, 2.05) is 0 Å². The summed E-state index contributed by atoms with van der Waals surface area (Å²) in [4.78, 5) is 39.9. The van der Waals surface area contributed by atoms with Crippen molar-refractivity contribution in [3.8, 4) is 0 Å². The Labute approximate surface area is 153 Å². The van der Waals surface area contributed by atoms with E-state index in [1.165, 1.54) is 12.1 Å². The van der Waals surface area contributed by atoms with E-state index >= 15 is 0 Å².